The first kappa shape index (κ1) is 16.8. The zero-order valence-corrected chi connectivity index (χ0v) is 14.5. The Balaban J connectivity index is 1.63. The number of rotatable bonds is 6. The number of hydrogen-bond acceptors (Lipinski definition) is 6. The maximum absolute atomic E-state index is 12.3. The van der Waals surface area contributed by atoms with Crippen LogP contribution in [0.1, 0.15) is 24.0 Å². The van der Waals surface area contributed by atoms with Gasteiger partial charge in [-0.1, -0.05) is 30.3 Å². The second-order valence-electron chi connectivity index (χ2n) is 6.33. The molecule has 1 aromatic carbocycles. The Bertz CT molecular complexity index is 1050. The number of aromatic amines is 1. The molecule has 1 fully saturated rings. The minimum absolute atomic E-state index is 0.0310. The third-order valence-corrected chi connectivity index (χ3v) is 4.19. The topological polar surface area (TPSA) is 104 Å². The fourth-order valence-corrected chi connectivity index (χ4v) is 2.64. The summed E-state index contributed by atoms with van der Waals surface area (Å²) in [4.78, 5) is 23.5. The molecule has 0 atom stereocenters. The lowest BCUT2D eigenvalue weighted by Crippen LogP contribution is -2.18. The van der Waals surface area contributed by atoms with E-state index < -0.39 is 5.56 Å². The van der Waals surface area contributed by atoms with Crippen LogP contribution in [-0.2, 0) is 6.61 Å². The van der Waals surface area contributed by atoms with Gasteiger partial charge in [-0.25, -0.2) is 9.97 Å². The summed E-state index contributed by atoms with van der Waals surface area (Å²) in [7, 11) is 0. The Morgan fingerprint density at radius 3 is 2.81 bits per heavy atom. The van der Waals surface area contributed by atoms with E-state index in [0.29, 0.717) is 35.7 Å². The number of hydrogen-bond donors (Lipinski definition) is 2. The molecular weight excluding hydrogens is 342 g/mol. The Morgan fingerprint density at radius 1 is 1.26 bits per heavy atom. The van der Waals surface area contributed by atoms with Gasteiger partial charge in [0.25, 0.3) is 5.56 Å². The quantitative estimate of drug-likeness (QED) is 0.701. The highest BCUT2D eigenvalue weighted by Crippen LogP contribution is 2.26. The SMILES string of the molecule is N#Cc1c(-c2ccnc(OCc3ccccc3)c2)nc(NC2CC2)[nH]c1=O. The van der Waals surface area contributed by atoms with Gasteiger partial charge >= 0.3 is 0 Å². The summed E-state index contributed by atoms with van der Waals surface area (Å²) in [6, 6.07) is 15.4. The van der Waals surface area contributed by atoms with Crippen LogP contribution in [0.2, 0.25) is 0 Å². The first-order valence-electron chi connectivity index (χ1n) is 8.67. The van der Waals surface area contributed by atoms with E-state index in [9.17, 15) is 10.1 Å². The molecule has 134 valence electrons. The van der Waals surface area contributed by atoms with Crippen LogP contribution in [0, 0.1) is 11.3 Å². The third-order valence-electron chi connectivity index (χ3n) is 4.19. The van der Waals surface area contributed by atoms with Crippen LogP contribution in [0.3, 0.4) is 0 Å². The lowest BCUT2D eigenvalue weighted by Gasteiger charge is -2.10. The molecule has 27 heavy (non-hydrogen) atoms. The second kappa shape index (κ2) is 7.30. The van der Waals surface area contributed by atoms with Crippen LogP contribution in [0.15, 0.2) is 53.5 Å². The summed E-state index contributed by atoms with van der Waals surface area (Å²) in [6.45, 7) is 0.375. The Hall–Kier alpha value is -3.66. The van der Waals surface area contributed by atoms with Crippen molar-refractivity contribution in [3.63, 3.8) is 0 Å². The first-order chi connectivity index (χ1) is 13.2. The molecule has 0 amide bonds. The van der Waals surface area contributed by atoms with Crippen LogP contribution >= 0.6 is 0 Å². The minimum Gasteiger partial charge on any atom is -0.473 e. The molecule has 1 saturated carbocycles. The van der Waals surface area contributed by atoms with Gasteiger partial charge in [0.05, 0.1) is 5.69 Å². The van der Waals surface area contributed by atoms with Gasteiger partial charge < -0.3 is 10.1 Å². The van der Waals surface area contributed by atoms with E-state index in [4.69, 9.17) is 4.74 Å². The summed E-state index contributed by atoms with van der Waals surface area (Å²) in [5, 5.41) is 12.5. The number of anilines is 1. The Morgan fingerprint density at radius 2 is 2.07 bits per heavy atom. The summed E-state index contributed by atoms with van der Waals surface area (Å²) in [5.74, 6) is 0.777. The van der Waals surface area contributed by atoms with Gasteiger partial charge in [0.15, 0.2) is 0 Å². The molecule has 7 heteroatoms. The molecular formula is C20H17N5O2. The lowest BCUT2D eigenvalue weighted by atomic mass is 10.1. The molecule has 0 spiro atoms. The Kier molecular flexibility index (Phi) is 4.54. The molecule has 0 saturated heterocycles. The average Bonchev–Trinajstić information content (AvgIpc) is 3.51. The maximum atomic E-state index is 12.3. The van der Waals surface area contributed by atoms with Crippen molar-refractivity contribution in [2.45, 2.75) is 25.5 Å². The molecule has 0 aliphatic heterocycles. The third kappa shape index (κ3) is 3.96. The van der Waals surface area contributed by atoms with Crippen molar-refractivity contribution in [1.29, 1.82) is 5.26 Å². The minimum atomic E-state index is -0.464. The van der Waals surface area contributed by atoms with E-state index in [1.165, 1.54) is 0 Å². The summed E-state index contributed by atoms with van der Waals surface area (Å²) < 4.78 is 5.74. The number of benzene rings is 1. The number of aromatic nitrogens is 3. The monoisotopic (exact) mass is 359 g/mol. The predicted molar refractivity (Wildman–Crippen MR) is 100 cm³/mol. The number of nitrogens with zero attached hydrogens (tertiary/aromatic N) is 3. The van der Waals surface area contributed by atoms with Crippen LogP contribution in [0.5, 0.6) is 5.88 Å². The number of ether oxygens (including phenoxy) is 1. The van der Waals surface area contributed by atoms with Gasteiger partial charge in [-0.2, -0.15) is 5.26 Å². The van der Waals surface area contributed by atoms with Crippen molar-refractivity contribution in [1.82, 2.24) is 15.0 Å². The summed E-state index contributed by atoms with van der Waals surface area (Å²) in [6.07, 6.45) is 3.67. The van der Waals surface area contributed by atoms with Gasteiger partial charge in [0.2, 0.25) is 11.8 Å². The molecule has 7 nitrogen and oxygen atoms in total. The van der Waals surface area contributed by atoms with Crippen LogP contribution < -0.4 is 15.6 Å². The number of pyridine rings is 1. The predicted octanol–water partition coefficient (Wildman–Crippen LogP) is 2.86. The normalized spacial score (nSPS) is 13.0. The molecule has 2 heterocycles. The number of nitriles is 1. The summed E-state index contributed by atoms with van der Waals surface area (Å²) in [5.41, 5.74) is 1.45. The van der Waals surface area contributed by atoms with Crippen LogP contribution in [-0.4, -0.2) is 21.0 Å². The van der Waals surface area contributed by atoms with Crippen LogP contribution in [0.25, 0.3) is 11.3 Å². The zero-order valence-electron chi connectivity index (χ0n) is 14.5. The molecule has 3 aromatic rings. The molecule has 1 aliphatic rings. The molecule has 0 bridgehead atoms. The van der Waals surface area contributed by atoms with Crippen molar-refractivity contribution < 1.29 is 4.74 Å². The van der Waals surface area contributed by atoms with Crippen molar-refractivity contribution in [3.8, 4) is 23.2 Å². The van der Waals surface area contributed by atoms with Crippen molar-refractivity contribution in [3.05, 3.63) is 70.1 Å². The van der Waals surface area contributed by atoms with E-state index in [0.717, 1.165) is 18.4 Å². The van der Waals surface area contributed by atoms with E-state index in [2.05, 4.69) is 20.3 Å². The highest BCUT2D eigenvalue weighted by Gasteiger charge is 2.23. The highest BCUT2D eigenvalue weighted by atomic mass is 16.5. The smallest absolute Gasteiger partial charge is 0.270 e. The molecule has 2 N–H and O–H groups in total. The Labute approximate surface area is 155 Å². The van der Waals surface area contributed by atoms with Crippen molar-refractivity contribution in [2.24, 2.45) is 0 Å². The van der Waals surface area contributed by atoms with Gasteiger partial charge in [-0.15, -0.1) is 0 Å². The fraction of sp³-hybridized carbons (Fsp3) is 0.200. The van der Waals surface area contributed by atoms with Gasteiger partial charge in [-0.3, -0.25) is 9.78 Å². The van der Waals surface area contributed by atoms with Crippen molar-refractivity contribution in [2.75, 3.05) is 5.32 Å². The van der Waals surface area contributed by atoms with E-state index in [1.54, 1.807) is 18.3 Å². The van der Waals surface area contributed by atoms with Crippen molar-refractivity contribution >= 4 is 5.95 Å². The van der Waals surface area contributed by atoms with E-state index in [1.807, 2.05) is 36.4 Å². The molecule has 0 radical (unpaired) electrons. The van der Waals surface area contributed by atoms with Crippen LogP contribution in [0.4, 0.5) is 5.95 Å². The second-order valence-corrected chi connectivity index (χ2v) is 6.33. The van der Waals surface area contributed by atoms with Gasteiger partial charge in [0.1, 0.15) is 18.2 Å². The lowest BCUT2D eigenvalue weighted by molar-refractivity contribution is 0.294. The maximum Gasteiger partial charge on any atom is 0.270 e. The standard InChI is InChI=1S/C20H17N5O2/c21-11-16-18(24-20(25-19(16)26)23-15-6-7-15)14-8-9-22-17(10-14)27-12-13-4-2-1-3-5-13/h1-5,8-10,15H,6-7,12H2,(H2,23,24,25,26). The average molecular weight is 359 g/mol. The molecule has 4 rings (SSSR count). The molecule has 1 aliphatic carbocycles. The zero-order chi connectivity index (χ0) is 18.6. The van der Waals surface area contributed by atoms with E-state index >= 15 is 0 Å². The van der Waals surface area contributed by atoms with Gasteiger partial charge in [-0.05, 0) is 24.5 Å². The molecule has 2 aromatic heterocycles. The largest absolute Gasteiger partial charge is 0.473 e. The van der Waals surface area contributed by atoms with Gasteiger partial charge in [0, 0.05) is 23.9 Å². The summed E-state index contributed by atoms with van der Waals surface area (Å²) >= 11 is 0. The number of H-pyrrole nitrogens is 1. The molecule has 0 unspecified atom stereocenters. The first-order valence-corrected chi connectivity index (χ1v) is 8.67. The van der Waals surface area contributed by atoms with E-state index in [-0.39, 0.29) is 5.56 Å². The number of nitrogens with one attached hydrogen (secondary N) is 2. The fourth-order valence-electron chi connectivity index (χ4n) is 2.64. The highest BCUT2D eigenvalue weighted by molar-refractivity contribution is 5.67.